The van der Waals surface area contributed by atoms with E-state index >= 15 is 0 Å². The number of sulfonamides is 1. The molecule has 1 atom stereocenters. The molecule has 2 N–H and O–H groups in total. The van der Waals surface area contributed by atoms with Gasteiger partial charge in [-0.3, -0.25) is 14.5 Å². The fourth-order valence-corrected chi connectivity index (χ4v) is 3.58. The molecule has 0 bridgehead atoms. The molecule has 0 radical (unpaired) electrons. The Kier molecular flexibility index (Phi) is 5.71. The first kappa shape index (κ1) is 19.2. The van der Waals surface area contributed by atoms with Crippen LogP contribution in [0.4, 0.5) is 13.2 Å². The van der Waals surface area contributed by atoms with Gasteiger partial charge in [-0.25, -0.2) is 8.42 Å². The van der Waals surface area contributed by atoms with Crippen LogP contribution in [-0.4, -0.2) is 38.9 Å². The molecule has 0 saturated heterocycles. The average molecular weight is 377 g/mol. The molecule has 1 amide bonds. The number of amides is 1. The quantitative estimate of drug-likeness (QED) is 0.794. The van der Waals surface area contributed by atoms with Crippen LogP contribution in [-0.2, 0) is 14.8 Å². The van der Waals surface area contributed by atoms with Crippen LogP contribution < -0.4 is 10.0 Å². The highest BCUT2D eigenvalue weighted by Gasteiger charge is 2.33. The van der Waals surface area contributed by atoms with E-state index < -0.39 is 34.7 Å². The first-order valence-corrected chi connectivity index (χ1v) is 9.17. The predicted octanol–water partition coefficient (Wildman–Crippen LogP) is 1.96. The fourth-order valence-electron chi connectivity index (χ4n) is 2.34. The molecule has 10 heteroatoms. The zero-order valence-corrected chi connectivity index (χ0v) is 14.2. The van der Waals surface area contributed by atoms with E-state index in [0.29, 0.717) is 12.0 Å². The highest BCUT2D eigenvalue weighted by atomic mass is 32.2. The number of alkyl halides is 3. The third-order valence-corrected chi connectivity index (χ3v) is 4.94. The van der Waals surface area contributed by atoms with Gasteiger partial charge >= 0.3 is 6.18 Å². The average Bonchev–Trinajstić information content (AvgIpc) is 2.79. The molecule has 0 aliphatic carbocycles. The van der Waals surface area contributed by atoms with Crippen LogP contribution >= 0.6 is 0 Å². The van der Waals surface area contributed by atoms with Gasteiger partial charge in [-0.05, 0) is 18.6 Å². The van der Waals surface area contributed by atoms with Crippen LogP contribution in [0.15, 0.2) is 34.2 Å². The number of hydrogen-bond donors (Lipinski definition) is 2. The van der Waals surface area contributed by atoms with E-state index in [4.69, 9.17) is 0 Å². The summed E-state index contributed by atoms with van der Waals surface area (Å²) in [4.78, 5) is 16.2. The van der Waals surface area contributed by atoms with Gasteiger partial charge in [0.15, 0.2) is 0 Å². The Morgan fingerprint density at radius 3 is 2.64 bits per heavy atom. The molecule has 2 rings (SSSR count). The first-order valence-electron chi connectivity index (χ1n) is 7.68. The summed E-state index contributed by atoms with van der Waals surface area (Å²) in [6.45, 7) is 0.410. The molecule has 25 heavy (non-hydrogen) atoms. The normalized spacial score (nSPS) is 18.5. The van der Waals surface area contributed by atoms with Crippen LogP contribution in [0.25, 0.3) is 0 Å². The van der Waals surface area contributed by atoms with Gasteiger partial charge in [-0.1, -0.05) is 31.9 Å². The van der Waals surface area contributed by atoms with Crippen molar-refractivity contribution < 1.29 is 26.4 Å². The summed E-state index contributed by atoms with van der Waals surface area (Å²) in [5.74, 6) is -0.916. The van der Waals surface area contributed by atoms with Gasteiger partial charge in [0, 0.05) is 5.56 Å². The maximum Gasteiger partial charge on any atom is 0.405 e. The van der Waals surface area contributed by atoms with Crippen molar-refractivity contribution in [3.63, 3.8) is 0 Å². The van der Waals surface area contributed by atoms with Crippen molar-refractivity contribution in [3.8, 4) is 0 Å². The fraction of sp³-hybridized carbons (Fsp3) is 0.467. The molecule has 0 aromatic heterocycles. The molecule has 1 heterocycles. The number of fused-ring (bicyclic) bond motifs is 1. The second-order valence-electron chi connectivity index (χ2n) is 5.57. The van der Waals surface area contributed by atoms with Gasteiger partial charge in [-0.2, -0.15) is 13.2 Å². The Hall–Kier alpha value is -2.10. The van der Waals surface area contributed by atoms with Crippen molar-refractivity contribution in [1.29, 1.82) is 0 Å². The van der Waals surface area contributed by atoms with Crippen LogP contribution in [0.2, 0.25) is 0 Å². The number of aliphatic imine (C=N–C) groups is 1. The van der Waals surface area contributed by atoms with E-state index in [1.165, 1.54) is 12.1 Å². The van der Waals surface area contributed by atoms with Crippen LogP contribution in [0, 0.1) is 0 Å². The number of benzene rings is 1. The molecular formula is C15H18F3N3O3S. The topological polar surface area (TPSA) is 87.6 Å². The lowest BCUT2D eigenvalue weighted by Crippen LogP contribution is -2.40. The van der Waals surface area contributed by atoms with Crippen molar-refractivity contribution in [3.05, 3.63) is 29.8 Å². The summed E-state index contributed by atoms with van der Waals surface area (Å²) in [7, 11) is -3.77. The molecular weight excluding hydrogens is 359 g/mol. The Morgan fingerprint density at radius 2 is 2.00 bits per heavy atom. The zero-order chi connectivity index (χ0) is 18.7. The summed E-state index contributed by atoms with van der Waals surface area (Å²) in [6.07, 6.45) is -3.03. The van der Waals surface area contributed by atoms with Crippen molar-refractivity contribution in [2.24, 2.45) is 4.99 Å². The largest absolute Gasteiger partial charge is 0.405 e. The number of carbonyl (C=O) groups excluding carboxylic acids is 1. The third kappa shape index (κ3) is 4.94. The Balaban J connectivity index is 2.27. The monoisotopic (exact) mass is 377 g/mol. The van der Waals surface area contributed by atoms with Crippen molar-refractivity contribution >= 4 is 21.8 Å². The molecule has 0 fully saturated rings. The van der Waals surface area contributed by atoms with Gasteiger partial charge in [0.2, 0.25) is 5.91 Å². The standard InChI is InChI=1S/C15H18F3N3O3S/c1-2-3-7-11(14(22)19-9-15(16,17)18)20-13-10-6-4-5-8-12(10)25(23,24)21-13/h4-6,8,11H,2-3,7,9H2,1H3,(H,19,22)(H,20,21). The van der Waals surface area contributed by atoms with Gasteiger partial charge in [0.25, 0.3) is 10.0 Å². The SMILES string of the molecule is CCCCC(N=C1NS(=O)(=O)c2ccccc21)C(=O)NCC(F)(F)F. The molecule has 1 aromatic rings. The summed E-state index contributed by atoms with van der Waals surface area (Å²) < 4.78 is 63.2. The lowest BCUT2D eigenvalue weighted by Gasteiger charge is -2.15. The Morgan fingerprint density at radius 1 is 1.32 bits per heavy atom. The number of nitrogens with one attached hydrogen (secondary N) is 2. The van der Waals surface area contributed by atoms with E-state index in [1.807, 2.05) is 6.92 Å². The lowest BCUT2D eigenvalue weighted by atomic mass is 10.1. The van der Waals surface area contributed by atoms with Crippen LogP contribution in [0.5, 0.6) is 0 Å². The van der Waals surface area contributed by atoms with Crippen molar-refractivity contribution in [2.45, 2.75) is 43.3 Å². The molecule has 0 saturated carbocycles. The van der Waals surface area contributed by atoms with E-state index in [9.17, 15) is 26.4 Å². The number of amidine groups is 1. The van der Waals surface area contributed by atoms with Gasteiger partial charge in [0.1, 0.15) is 18.4 Å². The van der Waals surface area contributed by atoms with Gasteiger partial charge < -0.3 is 5.32 Å². The number of rotatable bonds is 6. The second kappa shape index (κ2) is 7.42. The number of carbonyl (C=O) groups is 1. The highest BCUT2D eigenvalue weighted by molar-refractivity contribution is 7.90. The maximum atomic E-state index is 12.3. The van der Waals surface area contributed by atoms with Crippen molar-refractivity contribution in [1.82, 2.24) is 10.0 Å². The first-order chi connectivity index (χ1) is 11.6. The molecule has 1 aliphatic heterocycles. The summed E-state index contributed by atoms with van der Waals surface area (Å²) >= 11 is 0. The number of unbranched alkanes of at least 4 members (excludes halogenated alkanes) is 1. The molecule has 138 valence electrons. The molecule has 0 spiro atoms. The Bertz CT molecular complexity index is 776. The smallest absolute Gasteiger partial charge is 0.345 e. The third-order valence-electron chi connectivity index (χ3n) is 3.54. The number of hydrogen-bond acceptors (Lipinski definition) is 4. The summed E-state index contributed by atoms with van der Waals surface area (Å²) in [5, 5.41) is 1.80. The van der Waals surface area contributed by atoms with Crippen LogP contribution in [0.1, 0.15) is 31.7 Å². The number of nitrogens with zero attached hydrogens (tertiary/aromatic N) is 1. The molecule has 1 unspecified atom stereocenters. The second-order valence-corrected chi connectivity index (χ2v) is 7.22. The predicted molar refractivity (Wildman–Crippen MR) is 85.7 cm³/mol. The van der Waals surface area contributed by atoms with E-state index in [2.05, 4.69) is 9.71 Å². The van der Waals surface area contributed by atoms with E-state index in [1.54, 1.807) is 17.4 Å². The zero-order valence-electron chi connectivity index (χ0n) is 13.4. The summed E-state index contributed by atoms with van der Waals surface area (Å²) in [5.41, 5.74) is 0.299. The minimum atomic E-state index is -4.53. The minimum absolute atomic E-state index is 0.0266. The van der Waals surface area contributed by atoms with Gasteiger partial charge in [-0.15, -0.1) is 0 Å². The highest BCUT2D eigenvalue weighted by Crippen LogP contribution is 2.23. The maximum absolute atomic E-state index is 12.3. The van der Waals surface area contributed by atoms with E-state index in [-0.39, 0.29) is 17.2 Å². The number of halogens is 3. The molecule has 1 aromatic carbocycles. The summed E-state index contributed by atoms with van der Waals surface area (Å²) in [6, 6.07) is 4.97. The molecule has 1 aliphatic rings. The van der Waals surface area contributed by atoms with Crippen molar-refractivity contribution in [2.75, 3.05) is 6.54 Å². The minimum Gasteiger partial charge on any atom is -0.345 e. The van der Waals surface area contributed by atoms with Gasteiger partial charge in [0.05, 0.1) is 4.90 Å². The Labute approximate surface area is 143 Å². The van der Waals surface area contributed by atoms with Crippen LogP contribution in [0.3, 0.4) is 0 Å². The van der Waals surface area contributed by atoms with E-state index in [0.717, 1.165) is 6.42 Å². The lowest BCUT2D eigenvalue weighted by molar-refractivity contribution is -0.139. The molecule has 6 nitrogen and oxygen atoms in total.